The Morgan fingerprint density at radius 2 is 2.00 bits per heavy atom. The molecule has 1 aliphatic rings. The van der Waals surface area contributed by atoms with Crippen LogP contribution in [0.1, 0.15) is 15.9 Å². The molecule has 0 unspecified atom stereocenters. The lowest BCUT2D eigenvalue weighted by Gasteiger charge is -2.18. The van der Waals surface area contributed by atoms with Gasteiger partial charge in [-0.15, -0.1) is 0 Å². The number of hydrogen-bond acceptors (Lipinski definition) is 4. The van der Waals surface area contributed by atoms with Gasteiger partial charge in [-0.05, 0) is 36.2 Å². The molecule has 2 aromatic carbocycles. The quantitative estimate of drug-likeness (QED) is 0.541. The van der Waals surface area contributed by atoms with Crippen molar-refractivity contribution in [2.24, 2.45) is 0 Å². The summed E-state index contributed by atoms with van der Waals surface area (Å²) in [4.78, 5) is 20.9. The number of nitrogens with one attached hydrogen (secondary N) is 1. The van der Waals surface area contributed by atoms with E-state index in [9.17, 15) is 4.79 Å². The predicted molar refractivity (Wildman–Crippen MR) is 113 cm³/mol. The van der Waals surface area contributed by atoms with E-state index in [0.29, 0.717) is 19.7 Å². The molecule has 1 amide bonds. The molecule has 2 aromatic heterocycles. The van der Waals surface area contributed by atoms with E-state index in [1.807, 2.05) is 64.0 Å². The molecule has 7 nitrogen and oxygen atoms in total. The number of amides is 1. The second-order valence-corrected chi connectivity index (χ2v) is 7.11. The lowest BCUT2D eigenvalue weighted by molar-refractivity contribution is 0.0946. The van der Waals surface area contributed by atoms with Gasteiger partial charge in [-0.25, -0.2) is 9.97 Å². The van der Waals surface area contributed by atoms with E-state index in [-0.39, 0.29) is 5.91 Å². The van der Waals surface area contributed by atoms with Crippen LogP contribution in [0.2, 0.25) is 0 Å². The van der Waals surface area contributed by atoms with Crippen molar-refractivity contribution in [1.29, 1.82) is 0 Å². The molecule has 0 atom stereocenters. The first kappa shape index (κ1) is 18.2. The number of para-hydroxylation sites is 1. The van der Waals surface area contributed by atoms with Gasteiger partial charge in [0.15, 0.2) is 0 Å². The fourth-order valence-electron chi connectivity index (χ4n) is 3.72. The molecule has 0 aliphatic carbocycles. The fraction of sp³-hybridized carbons (Fsp3) is 0.174. The normalized spacial score (nSPS) is 13.0. The Kier molecular flexibility index (Phi) is 4.77. The molecule has 5 rings (SSSR count). The van der Waals surface area contributed by atoms with Crippen LogP contribution in [0.5, 0.6) is 5.75 Å². The maximum Gasteiger partial charge on any atom is 0.251 e. The SMILES string of the molecule is O=C1NCCc2ccc(-n3ccnc3-c3ccccc3OCCn3ccnc3)cc21. The molecular weight excluding hydrogens is 378 g/mol. The molecule has 1 N–H and O–H groups in total. The lowest BCUT2D eigenvalue weighted by Crippen LogP contribution is -2.31. The van der Waals surface area contributed by atoms with Crippen LogP contribution in [0.15, 0.2) is 73.6 Å². The summed E-state index contributed by atoms with van der Waals surface area (Å²) in [5.74, 6) is 1.51. The number of imidazole rings is 2. The first-order valence-corrected chi connectivity index (χ1v) is 9.92. The van der Waals surface area contributed by atoms with Crippen molar-refractivity contribution in [1.82, 2.24) is 24.4 Å². The van der Waals surface area contributed by atoms with Gasteiger partial charge in [-0.1, -0.05) is 18.2 Å². The highest BCUT2D eigenvalue weighted by molar-refractivity contribution is 5.97. The maximum atomic E-state index is 12.3. The molecule has 150 valence electrons. The molecule has 0 saturated heterocycles. The van der Waals surface area contributed by atoms with E-state index in [0.717, 1.165) is 40.4 Å². The smallest absolute Gasteiger partial charge is 0.251 e. The maximum absolute atomic E-state index is 12.3. The molecule has 0 fully saturated rings. The Bertz CT molecular complexity index is 1180. The Labute approximate surface area is 174 Å². The highest BCUT2D eigenvalue weighted by Crippen LogP contribution is 2.31. The molecule has 4 aromatic rings. The number of aromatic nitrogens is 4. The van der Waals surface area contributed by atoms with Crippen LogP contribution in [0, 0.1) is 0 Å². The van der Waals surface area contributed by atoms with Gasteiger partial charge in [0.2, 0.25) is 0 Å². The van der Waals surface area contributed by atoms with E-state index in [1.165, 1.54) is 0 Å². The van der Waals surface area contributed by atoms with Gasteiger partial charge >= 0.3 is 0 Å². The summed E-state index contributed by atoms with van der Waals surface area (Å²) < 4.78 is 10.0. The van der Waals surface area contributed by atoms with Gasteiger partial charge in [0.25, 0.3) is 5.91 Å². The van der Waals surface area contributed by atoms with Gasteiger partial charge in [-0.3, -0.25) is 9.36 Å². The van der Waals surface area contributed by atoms with Crippen molar-refractivity contribution >= 4 is 5.91 Å². The molecule has 0 spiro atoms. The highest BCUT2D eigenvalue weighted by Gasteiger charge is 2.19. The Balaban J connectivity index is 1.45. The second kappa shape index (κ2) is 7.87. The molecule has 0 bridgehead atoms. The van der Waals surface area contributed by atoms with Crippen LogP contribution in [-0.2, 0) is 13.0 Å². The standard InChI is InChI=1S/C23H21N5O2/c29-23-20-15-18(6-5-17(20)7-8-26-23)28-12-10-25-22(28)19-3-1-2-4-21(19)30-14-13-27-11-9-24-16-27/h1-6,9-12,15-16H,7-8,13-14H2,(H,26,29). The van der Waals surface area contributed by atoms with Gasteiger partial charge in [-0.2, -0.15) is 0 Å². The van der Waals surface area contributed by atoms with E-state index in [2.05, 4.69) is 15.3 Å². The van der Waals surface area contributed by atoms with Crippen LogP contribution >= 0.6 is 0 Å². The Morgan fingerprint density at radius 1 is 1.07 bits per heavy atom. The number of fused-ring (bicyclic) bond motifs is 1. The zero-order valence-corrected chi connectivity index (χ0v) is 16.4. The third-order valence-electron chi connectivity index (χ3n) is 5.23. The van der Waals surface area contributed by atoms with E-state index < -0.39 is 0 Å². The van der Waals surface area contributed by atoms with Crippen molar-refractivity contribution in [3.63, 3.8) is 0 Å². The summed E-state index contributed by atoms with van der Waals surface area (Å²) in [6.07, 6.45) is 9.95. The third kappa shape index (κ3) is 3.45. The van der Waals surface area contributed by atoms with E-state index >= 15 is 0 Å². The average Bonchev–Trinajstić information content (AvgIpc) is 3.46. The zero-order chi connectivity index (χ0) is 20.3. The van der Waals surface area contributed by atoms with Crippen molar-refractivity contribution in [2.75, 3.05) is 13.2 Å². The number of ether oxygens (including phenoxy) is 1. The lowest BCUT2D eigenvalue weighted by atomic mass is 9.99. The average molecular weight is 399 g/mol. The van der Waals surface area contributed by atoms with Gasteiger partial charge in [0.1, 0.15) is 18.2 Å². The molecular formula is C23H21N5O2. The third-order valence-corrected chi connectivity index (χ3v) is 5.23. The number of nitrogens with zero attached hydrogens (tertiary/aromatic N) is 4. The number of rotatable bonds is 6. The van der Waals surface area contributed by atoms with Crippen LogP contribution < -0.4 is 10.1 Å². The van der Waals surface area contributed by atoms with Crippen molar-refractivity contribution < 1.29 is 9.53 Å². The van der Waals surface area contributed by atoms with Gasteiger partial charge in [0, 0.05) is 42.6 Å². The van der Waals surface area contributed by atoms with E-state index in [4.69, 9.17) is 4.74 Å². The Hall–Kier alpha value is -3.87. The highest BCUT2D eigenvalue weighted by atomic mass is 16.5. The van der Waals surface area contributed by atoms with Crippen LogP contribution in [-0.4, -0.2) is 38.2 Å². The predicted octanol–water partition coefficient (Wildman–Crippen LogP) is 3.10. The number of carbonyl (C=O) groups is 1. The van der Waals surface area contributed by atoms with E-state index in [1.54, 1.807) is 18.7 Å². The molecule has 3 heterocycles. The number of benzene rings is 2. The van der Waals surface area contributed by atoms with Gasteiger partial charge in [0.05, 0.1) is 18.4 Å². The van der Waals surface area contributed by atoms with Crippen LogP contribution in [0.25, 0.3) is 17.1 Å². The largest absolute Gasteiger partial charge is 0.491 e. The minimum absolute atomic E-state index is 0.0250. The monoisotopic (exact) mass is 399 g/mol. The zero-order valence-electron chi connectivity index (χ0n) is 16.4. The molecule has 30 heavy (non-hydrogen) atoms. The summed E-state index contributed by atoms with van der Waals surface area (Å²) >= 11 is 0. The number of hydrogen-bond donors (Lipinski definition) is 1. The van der Waals surface area contributed by atoms with Crippen molar-refractivity contribution in [3.05, 3.63) is 84.7 Å². The van der Waals surface area contributed by atoms with Crippen LogP contribution in [0.4, 0.5) is 0 Å². The minimum Gasteiger partial charge on any atom is -0.491 e. The second-order valence-electron chi connectivity index (χ2n) is 7.11. The first-order chi connectivity index (χ1) is 14.8. The summed E-state index contributed by atoms with van der Waals surface area (Å²) in [5, 5.41) is 2.91. The molecule has 0 radical (unpaired) electrons. The number of carbonyl (C=O) groups excluding carboxylic acids is 1. The molecule has 7 heteroatoms. The first-order valence-electron chi connectivity index (χ1n) is 9.92. The van der Waals surface area contributed by atoms with Crippen LogP contribution in [0.3, 0.4) is 0 Å². The molecule has 1 aliphatic heterocycles. The van der Waals surface area contributed by atoms with Crippen molar-refractivity contribution in [2.45, 2.75) is 13.0 Å². The minimum atomic E-state index is -0.0250. The summed E-state index contributed by atoms with van der Waals surface area (Å²) in [6, 6.07) is 13.9. The van der Waals surface area contributed by atoms with Gasteiger partial charge < -0.3 is 14.6 Å². The molecule has 0 saturated carbocycles. The fourth-order valence-corrected chi connectivity index (χ4v) is 3.72. The Morgan fingerprint density at radius 3 is 2.90 bits per heavy atom. The van der Waals surface area contributed by atoms with Crippen molar-refractivity contribution in [3.8, 4) is 22.8 Å². The summed E-state index contributed by atoms with van der Waals surface area (Å²) in [5.41, 5.74) is 3.59. The summed E-state index contributed by atoms with van der Waals surface area (Å²) in [6.45, 7) is 1.92. The summed E-state index contributed by atoms with van der Waals surface area (Å²) in [7, 11) is 0. The topological polar surface area (TPSA) is 74.0 Å².